The Morgan fingerprint density at radius 2 is 2.07 bits per heavy atom. The lowest BCUT2D eigenvalue weighted by atomic mass is 10.1. The Balaban J connectivity index is 2.64. The van der Waals surface area contributed by atoms with Crippen LogP contribution >= 0.6 is 0 Å². The van der Waals surface area contributed by atoms with Crippen molar-refractivity contribution in [3.63, 3.8) is 0 Å². The van der Waals surface area contributed by atoms with E-state index >= 15 is 0 Å². The number of hydrogen-bond acceptors (Lipinski definition) is 4. The van der Waals surface area contributed by atoms with Gasteiger partial charge in [-0.3, -0.25) is 0 Å². The van der Waals surface area contributed by atoms with Gasteiger partial charge in [-0.1, -0.05) is 5.16 Å². The van der Waals surface area contributed by atoms with Crippen LogP contribution in [-0.2, 0) is 4.74 Å². The van der Waals surface area contributed by atoms with Gasteiger partial charge in [-0.25, -0.2) is 0 Å². The molecule has 15 heavy (non-hydrogen) atoms. The number of methoxy groups -OCH3 is 1. The van der Waals surface area contributed by atoms with Gasteiger partial charge in [-0.15, -0.1) is 0 Å². The second-order valence-electron chi connectivity index (χ2n) is 3.98. The quantitative estimate of drug-likeness (QED) is 0.810. The van der Waals surface area contributed by atoms with E-state index in [9.17, 15) is 0 Å². The second kappa shape index (κ2) is 5.28. The summed E-state index contributed by atoms with van der Waals surface area (Å²) >= 11 is 0. The third kappa shape index (κ3) is 3.04. The van der Waals surface area contributed by atoms with Crippen molar-refractivity contribution in [3.05, 3.63) is 17.0 Å². The smallest absolute Gasteiger partial charge is 0.138 e. The van der Waals surface area contributed by atoms with Crippen LogP contribution in [0.15, 0.2) is 4.52 Å². The van der Waals surface area contributed by atoms with Crippen LogP contribution in [0.1, 0.15) is 36.9 Å². The fourth-order valence-corrected chi connectivity index (χ4v) is 1.92. The van der Waals surface area contributed by atoms with Crippen LogP contribution in [0.5, 0.6) is 0 Å². The van der Waals surface area contributed by atoms with E-state index in [4.69, 9.17) is 9.26 Å². The van der Waals surface area contributed by atoms with Gasteiger partial charge in [0.05, 0.1) is 12.3 Å². The average molecular weight is 212 g/mol. The first-order chi connectivity index (χ1) is 7.06. The summed E-state index contributed by atoms with van der Waals surface area (Å²) in [5.41, 5.74) is 2.11. The summed E-state index contributed by atoms with van der Waals surface area (Å²) in [6.07, 6.45) is 0. The molecule has 0 spiro atoms. The van der Waals surface area contributed by atoms with Gasteiger partial charge in [0, 0.05) is 24.8 Å². The number of rotatable bonds is 5. The molecule has 4 heteroatoms. The van der Waals surface area contributed by atoms with Crippen LogP contribution in [0.3, 0.4) is 0 Å². The highest BCUT2D eigenvalue weighted by atomic mass is 16.5. The number of hydrogen-bond donors (Lipinski definition) is 1. The molecule has 0 saturated heterocycles. The minimum Gasteiger partial charge on any atom is -0.383 e. The summed E-state index contributed by atoms with van der Waals surface area (Å²) in [4.78, 5) is 0. The number of nitrogens with zero attached hydrogens (tertiary/aromatic N) is 1. The van der Waals surface area contributed by atoms with Crippen LogP contribution in [0.2, 0.25) is 0 Å². The summed E-state index contributed by atoms with van der Waals surface area (Å²) in [6, 6.07) is 0.556. The van der Waals surface area contributed by atoms with Crippen LogP contribution in [-0.4, -0.2) is 24.9 Å². The zero-order valence-corrected chi connectivity index (χ0v) is 10.1. The van der Waals surface area contributed by atoms with E-state index in [0.29, 0.717) is 12.6 Å². The van der Waals surface area contributed by atoms with E-state index in [1.54, 1.807) is 7.11 Å². The van der Waals surface area contributed by atoms with Crippen molar-refractivity contribution in [1.82, 2.24) is 10.5 Å². The van der Waals surface area contributed by atoms with Gasteiger partial charge in [0.25, 0.3) is 0 Å². The molecule has 0 aromatic carbocycles. The Bertz CT molecular complexity index is 290. The lowest BCUT2D eigenvalue weighted by Gasteiger charge is -2.19. The predicted octanol–water partition coefficient (Wildman–Crippen LogP) is 1.98. The lowest BCUT2D eigenvalue weighted by Crippen LogP contribution is -2.32. The van der Waals surface area contributed by atoms with E-state index in [1.165, 1.54) is 0 Å². The molecular formula is C11H20N2O2. The fourth-order valence-electron chi connectivity index (χ4n) is 1.92. The normalized spacial score (nSPS) is 15.3. The first-order valence-corrected chi connectivity index (χ1v) is 5.24. The fraction of sp³-hybridized carbons (Fsp3) is 0.727. The zero-order valence-electron chi connectivity index (χ0n) is 10.1. The van der Waals surface area contributed by atoms with E-state index in [0.717, 1.165) is 17.0 Å². The molecule has 0 bridgehead atoms. The molecule has 0 fully saturated rings. The summed E-state index contributed by atoms with van der Waals surface area (Å²) in [6.45, 7) is 8.81. The van der Waals surface area contributed by atoms with Crippen molar-refractivity contribution in [2.45, 2.75) is 39.8 Å². The van der Waals surface area contributed by atoms with Gasteiger partial charge in [0.1, 0.15) is 5.76 Å². The monoisotopic (exact) mass is 212 g/mol. The number of nitrogens with one attached hydrogen (secondary N) is 1. The van der Waals surface area contributed by atoms with Crippen molar-refractivity contribution in [2.75, 3.05) is 13.7 Å². The molecule has 1 N–H and O–H groups in total. The number of aromatic nitrogens is 1. The zero-order chi connectivity index (χ0) is 11.4. The van der Waals surface area contributed by atoms with Crippen molar-refractivity contribution in [3.8, 4) is 0 Å². The summed E-state index contributed by atoms with van der Waals surface area (Å²) < 4.78 is 10.2. The first kappa shape index (κ1) is 12.2. The van der Waals surface area contributed by atoms with E-state index in [2.05, 4.69) is 24.3 Å². The van der Waals surface area contributed by atoms with Crippen molar-refractivity contribution in [2.24, 2.45) is 0 Å². The average Bonchev–Trinajstić information content (AvgIpc) is 2.46. The Kier molecular flexibility index (Phi) is 4.29. The molecule has 0 saturated carbocycles. The molecule has 1 rings (SSSR count). The van der Waals surface area contributed by atoms with Crippen molar-refractivity contribution < 1.29 is 9.26 Å². The molecule has 2 atom stereocenters. The molecule has 86 valence electrons. The van der Waals surface area contributed by atoms with Gasteiger partial charge in [-0.2, -0.15) is 0 Å². The third-order valence-corrected chi connectivity index (χ3v) is 2.47. The van der Waals surface area contributed by atoms with Gasteiger partial charge in [0.2, 0.25) is 0 Å². The Hall–Kier alpha value is -0.870. The predicted molar refractivity (Wildman–Crippen MR) is 58.9 cm³/mol. The van der Waals surface area contributed by atoms with Gasteiger partial charge < -0.3 is 14.6 Å². The molecule has 2 unspecified atom stereocenters. The van der Waals surface area contributed by atoms with Crippen LogP contribution in [0, 0.1) is 13.8 Å². The van der Waals surface area contributed by atoms with Crippen LogP contribution < -0.4 is 5.32 Å². The number of aryl methyl sites for hydroxylation is 2. The molecule has 0 aliphatic carbocycles. The first-order valence-electron chi connectivity index (χ1n) is 5.24. The molecule has 1 aromatic rings. The molecule has 4 nitrogen and oxygen atoms in total. The van der Waals surface area contributed by atoms with Gasteiger partial charge in [0.15, 0.2) is 0 Å². The standard InChI is InChI=1S/C11H20N2O2/c1-7(6-14-5)12-8(2)11-9(3)13-15-10(11)4/h7-8,12H,6H2,1-5H3. The van der Waals surface area contributed by atoms with E-state index in [-0.39, 0.29) is 6.04 Å². The lowest BCUT2D eigenvalue weighted by molar-refractivity contribution is 0.167. The topological polar surface area (TPSA) is 47.3 Å². The van der Waals surface area contributed by atoms with Crippen molar-refractivity contribution >= 4 is 0 Å². The molecule has 0 radical (unpaired) electrons. The highest BCUT2D eigenvalue weighted by molar-refractivity contribution is 5.24. The Labute approximate surface area is 91.0 Å². The molecule has 0 aliphatic rings. The van der Waals surface area contributed by atoms with Gasteiger partial charge >= 0.3 is 0 Å². The summed E-state index contributed by atoms with van der Waals surface area (Å²) in [7, 11) is 1.71. The Morgan fingerprint density at radius 3 is 2.53 bits per heavy atom. The second-order valence-corrected chi connectivity index (χ2v) is 3.98. The van der Waals surface area contributed by atoms with E-state index in [1.807, 2.05) is 13.8 Å². The maximum atomic E-state index is 5.14. The maximum Gasteiger partial charge on any atom is 0.138 e. The minimum absolute atomic E-state index is 0.237. The van der Waals surface area contributed by atoms with Crippen LogP contribution in [0.25, 0.3) is 0 Å². The van der Waals surface area contributed by atoms with Crippen molar-refractivity contribution in [1.29, 1.82) is 0 Å². The molecule has 1 aromatic heterocycles. The largest absolute Gasteiger partial charge is 0.383 e. The SMILES string of the molecule is COCC(C)NC(C)c1c(C)noc1C. The van der Waals surface area contributed by atoms with Crippen LogP contribution in [0.4, 0.5) is 0 Å². The maximum absolute atomic E-state index is 5.14. The summed E-state index contributed by atoms with van der Waals surface area (Å²) in [5.74, 6) is 0.886. The minimum atomic E-state index is 0.237. The molecular weight excluding hydrogens is 192 g/mol. The molecule has 0 amide bonds. The molecule has 0 aliphatic heterocycles. The summed E-state index contributed by atoms with van der Waals surface area (Å²) in [5, 5.41) is 7.38. The molecule has 1 heterocycles. The van der Waals surface area contributed by atoms with E-state index < -0.39 is 0 Å². The highest BCUT2D eigenvalue weighted by Gasteiger charge is 2.17. The number of ether oxygens (including phenoxy) is 1. The van der Waals surface area contributed by atoms with Gasteiger partial charge in [-0.05, 0) is 27.7 Å². The Morgan fingerprint density at radius 1 is 1.40 bits per heavy atom. The highest BCUT2D eigenvalue weighted by Crippen LogP contribution is 2.21. The third-order valence-electron chi connectivity index (χ3n) is 2.47.